The lowest BCUT2D eigenvalue weighted by atomic mass is 10.1. The van der Waals surface area contributed by atoms with Gasteiger partial charge in [-0.2, -0.15) is 0 Å². The summed E-state index contributed by atoms with van der Waals surface area (Å²) in [4.78, 5) is 11.3. The first-order valence-corrected chi connectivity index (χ1v) is 7.80. The molecule has 0 unspecified atom stereocenters. The lowest BCUT2D eigenvalue weighted by molar-refractivity contribution is 0.0696. The minimum absolute atomic E-state index is 0.129. The van der Waals surface area contributed by atoms with E-state index in [2.05, 4.69) is 10.2 Å². The molecular formula is C18H15ClN4O2. The Morgan fingerprint density at radius 3 is 2.56 bits per heavy atom. The lowest BCUT2D eigenvalue weighted by Gasteiger charge is -2.04. The second-order valence-electron chi connectivity index (χ2n) is 5.40. The monoisotopic (exact) mass is 354 g/mol. The molecule has 0 bridgehead atoms. The maximum Gasteiger partial charge on any atom is 0.336 e. The van der Waals surface area contributed by atoms with Crippen LogP contribution in [-0.2, 0) is 7.05 Å². The summed E-state index contributed by atoms with van der Waals surface area (Å²) >= 11 is 6.13. The Kier molecular flexibility index (Phi) is 4.54. The Morgan fingerprint density at radius 2 is 1.88 bits per heavy atom. The van der Waals surface area contributed by atoms with Crippen molar-refractivity contribution in [2.45, 2.75) is 0 Å². The zero-order valence-corrected chi connectivity index (χ0v) is 14.1. The molecule has 1 aromatic heterocycles. The summed E-state index contributed by atoms with van der Waals surface area (Å²) < 4.78 is 1.80. The highest BCUT2D eigenvalue weighted by molar-refractivity contribution is 6.32. The molecule has 3 rings (SSSR count). The molecule has 3 N–H and O–H groups in total. The van der Waals surface area contributed by atoms with Crippen molar-refractivity contribution in [2.24, 2.45) is 7.05 Å². The molecule has 2 aromatic carbocycles. The van der Waals surface area contributed by atoms with Gasteiger partial charge in [0.25, 0.3) is 0 Å². The van der Waals surface area contributed by atoms with Gasteiger partial charge in [-0.3, -0.25) is 0 Å². The van der Waals surface area contributed by atoms with E-state index >= 15 is 0 Å². The molecular weight excluding hydrogens is 340 g/mol. The highest BCUT2D eigenvalue weighted by Gasteiger charge is 2.12. The number of nitrogen functional groups attached to an aromatic ring is 1. The molecule has 126 valence electrons. The van der Waals surface area contributed by atoms with Gasteiger partial charge in [-0.25, -0.2) is 4.79 Å². The van der Waals surface area contributed by atoms with Crippen LogP contribution in [0.1, 0.15) is 21.7 Å². The van der Waals surface area contributed by atoms with Crippen LogP contribution in [0.4, 0.5) is 5.69 Å². The fourth-order valence-corrected chi connectivity index (χ4v) is 2.66. The van der Waals surface area contributed by atoms with Crippen LogP contribution in [0.2, 0.25) is 5.02 Å². The second-order valence-corrected chi connectivity index (χ2v) is 5.81. The van der Waals surface area contributed by atoms with E-state index in [-0.39, 0.29) is 5.56 Å². The van der Waals surface area contributed by atoms with Crippen molar-refractivity contribution in [1.82, 2.24) is 14.8 Å². The summed E-state index contributed by atoms with van der Waals surface area (Å²) in [7, 11) is 1.83. The average molecular weight is 355 g/mol. The van der Waals surface area contributed by atoms with Gasteiger partial charge in [0.2, 0.25) is 0 Å². The number of carboxylic acids is 1. The van der Waals surface area contributed by atoms with E-state index < -0.39 is 5.97 Å². The van der Waals surface area contributed by atoms with E-state index in [1.54, 1.807) is 41.0 Å². The first-order valence-electron chi connectivity index (χ1n) is 7.42. The van der Waals surface area contributed by atoms with Crippen LogP contribution in [0, 0.1) is 0 Å². The number of anilines is 1. The topological polar surface area (TPSA) is 94.0 Å². The summed E-state index contributed by atoms with van der Waals surface area (Å²) in [6.07, 6.45) is 3.31. The fourth-order valence-electron chi connectivity index (χ4n) is 2.42. The number of nitrogens with zero attached hydrogens (tertiary/aromatic N) is 3. The first kappa shape index (κ1) is 16.7. The SMILES string of the molecule is Cn1c(C=Cc2c(Cl)cccc2C(=O)O)nnc1-c1ccc(N)cc1. The highest BCUT2D eigenvalue weighted by Crippen LogP contribution is 2.24. The minimum atomic E-state index is -1.04. The van der Waals surface area contributed by atoms with Gasteiger partial charge in [0.15, 0.2) is 11.6 Å². The number of hydrogen-bond acceptors (Lipinski definition) is 4. The van der Waals surface area contributed by atoms with Crippen molar-refractivity contribution in [3.63, 3.8) is 0 Å². The third-order valence-corrected chi connectivity index (χ3v) is 4.09. The molecule has 1 heterocycles. The normalized spacial score (nSPS) is 11.1. The van der Waals surface area contributed by atoms with Crippen molar-refractivity contribution in [3.05, 3.63) is 64.4 Å². The largest absolute Gasteiger partial charge is 0.478 e. The molecule has 0 atom stereocenters. The van der Waals surface area contributed by atoms with Crippen molar-refractivity contribution >= 4 is 35.4 Å². The first-order chi connectivity index (χ1) is 12.0. The number of hydrogen-bond donors (Lipinski definition) is 2. The van der Waals surface area contributed by atoms with Crippen LogP contribution in [0.5, 0.6) is 0 Å². The van der Waals surface area contributed by atoms with Gasteiger partial charge in [-0.1, -0.05) is 17.7 Å². The quantitative estimate of drug-likeness (QED) is 0.698. The molecule has 0 aliphatic heterocycles. The zero-order chi connectivity index (χ0) is 18.0. The van der Waals surface area contributed by atoms with Crippen LogP contribution in [0.3, 0.4) is 0 Å². The predicted molar refractivity (Wildman–Crippen MR) is 98.2 cm³/mol. The van der Waals surface area contributed by atoms with Gasteiger partial charge in [-0.15, -0.1) is 10.2 Å². The maximum absolute atomic E-state index is 11.3. The van der Waals surface area contributed by atoms with Crippen molar-refractivity contribution in [3.8, 4) is 11.4 Å². The highest BCUT2D eigenvalue weighted by atomic mass is 35.5. The smallest absolute Gasteiger partial charge is 0.336 e. The molecule has 25 heavy (non-hydrogen) atoms. The third-order valence-electron chi connectivity index (χ3n) is 3.76. The Labute approximate surface area is 149 Å². The molecule has 0 aliphatic rings. The van der Waals surface area contributed by atoms with E-state index in [0.717, 1.165) is 5.56 Å². The zero-order valence-electron chi connectivity index (χ0n) is 13.3. The Morgan fingerprint density at radius 1 is 1.16 bits per heavy atom. The summed E-state index contributed by atoms with van der Waals surface area (Å²) in [6.45, 7) is 0. The molecule has 0 fully saturated rings. The van der Waals surface area contributed by atoms with Crippen molar-refractivity contribution in [1.29, 1.82) is 0 Å². The molecule has 3 aromatic rings. The van der Waals surface area contributed by atoms with E-state index in [0.29, 0.717) is 27.9 Å². The van der Waals surface area contributed by atoms with Crippen molar-refractivity contribution < 1.29 is 9.90 Å². The van der Waals surface area contributed by atoms with Crippen LogP contribution < -0.4 is 5.73 Å². The molecule has 0 saturated heterocycles. The summed E-state index contributed by atoms with van der Waals surface area (Å²) in [5.74, 6) is 0.211. The van der Waals surface area contributed by atoms with E-state index in [1.807, 2.05) is 19.2 Å². The van der Waals surface area contributed by atoms with Gasteiger partial charge in [-0.05, 0) is 48.6 Å². The van der Waals surface area contributed by atoms with Gasteiger partial charge in [0.1, 0.15) is 0 Å². The van der Waals surface area contributed by atoms with Gasteiger partial charge in [0.05, 0.1) is 5.56 Å². The molecule has 6 nitrogen and oxygen atoms in total. The molecule has 0 aliphatic carbocycles. The Hall–Kier alpha value is -3.12. The van der Waals surface area contributed by atoms with Crippen LogP contribution in [-0.4, -0.2) is 25.8 Å². The number of benzene rings is 2. The van der Waals surface area contributed by atoms with Crippen LogP contribution >= 0.6 is 11.6 Å². The van der Waals surface area contributed by atoms with E-state index in [1.165, 1.54) is 6.07 Å². The van der Waals surface area contributed by atoms with E-state index in [9.17, 15) is 9.90 Å². The number of nitrogens with two attached hydrogens (primary N) is 1. The minimum Gasteiger partial charge on any atom is -0.478 e. The Balaban J connectivity index is 1.96. The average Bonchev–Trinajstić information content (AvgIpc) is 2.95. The maximum atomic E-state index is 11.3. The molecule has 7 heteroatoms. The second kappa shape index (κ2) is 6.78. The fraction of sp³-hybridized carbons (Fsp3) is 0.0556. The number of aromatic nitrogens is 3. The number of rotatable bonds is 4. The Bertz CT molecular complexity index is 962. The molecule has 0 spiro atoms. The molecule has 0 radical (unpaired) electrons. The van der Waals surface area contributed by atoms with Crippen LogP contribution in [0.15, 0.2) is 42.5 Å². The summed E-state index contributed by atoms with van der Waals surface area (Å²) in [5.41, 5.74) is 7.81. The third kappa shape index (κ3) is 3.39. The van der Waals surface area contributed by atoms with Gasteiger partial charge in [0, 0.05) is 28.9 Å². The number of aromatic carboxylic acids is 1. The predicted octanol–water partition coefficient (Wildman–Crippen LogP) is 3.59. The standard InChI is InChI=1S/C18H15ClN4O2/c1-23-16(21-22-17(23)11-5-7-12(20)8-6-11)10-9-13-14(18(24)25)3-2-4-15(13)19/h2-10H,20H2,1H3,(H,24,25). The lowest BCUT2D eigenvalue weighted by Crippen LogP contribution is -2.00. The number of carbonyl (C=O) groups is 1. The van der Waals surface area contributed by atoms with Gasteiger partial charge < -0.3 is 15.4 Å². The summed E-state index contributed by atoms with van der Waals surface area (Å²) in [6, 6.07) is 12.1. The number of carboxylic acid groups (broad SMARTS) is 1. The number of halogens is 1. The summed E-state index contributed by atoms with van der Waals surface area (Å²) in [5, 5.41) is 18.0. The van der Waals surface area contributed by atoms with Crippen molar-refractivity contribution in [2.75, 3.05) is 5.73 Å². The van der Waals surface area contributed by atoms with E-state index in [4.69, 9.17) is 17.3 Å². The molecule has 0 saturated carbocycles. The van der Waals surface area contributed by atoms with Gasteiger partial charge >= 0.3 is 5.97 Å². The molecule has 0 amide bonds. The van der Waals surface area contributed by atoms with Crippen LogP contribution in [0.25, 0.3) is 23.5 Å².